The summed E-state index contributed by atoms with van der Waals surface area (Å²) < 4.78 is 5.93. The van der Waals surface area contributed by atoms with Crippen LogP contribution in [0.5, 0.6) is 5.75 Å². The maximum absolute atomic E-state index is 13.0. The summed E-state index contributed by atoms with van der Waals surface area (Å²) in [7, 11) is 0. The van der Waals surface area contributed by atoms with Crippen LogP contribution < -0.4 is 4.74 Å². The largest absolute Gasteiger partial charge is 0.481 e. The zero-order chi connectivity index (χ0) is 19.9. The molecule has 2 aromatic carbocycles. The van der Waals surface area contributed by atoms with Crippen LogP contribution in [0.4, 0.5) is 0 Å². The van der Waals surface area contributed by atoms with Crippen LogP contribution in [-0.4, -0.2) is 27.9 Å². The molecule has 1 aromatic heterocycles. The molecule has 0 bridgehead atoms. The van der Waals surface area contributed by atoms with E-state index in [0.717, 1.165) is 16.7 Å². The fourth-order valence-corrected chi connectivity index (χ4v) is 3.05. The number of hydrogen-bond donors (Lipinski definition) is 0. The zero-order valence-electron chi connectivity index (χ0n) is 16.6. The van der Waals surface area contributed by atoms with E-state index in [1.165, 1.54) is 0 Å². The third-order valence-electron chi connectivity index (χ3n) is 4.60. The van der Waals surface area contributed by atoms with Crippen molar-refractivity contribution in [2.45, 2.75) is 39.5 Å². The van der Waals surface area contributed by atoms with Gasteiger partial charge in [-0.2, -0.15) is 0 Å². The molecule has 3 aromatic rings. The molecular formula is C24H26N2O2. The molecule has 0 aliphatic carbocycles. The molecule has 0 spiro atoms. The van der Waals surface area contributed by atoms with Crippen molar-refractivity contribution in [3.63, 3.8) is 0 Å². The van der Waals surface area contributed by atoms with Crippen LogP contribution in [0.1, 0.15) is 26.3 Å². The van der Waals surface area contributed by atoms with Crippen molar-refractivity contribution in [1.82, 2.24) is 9.88 Å². The number of carbonyl (C=O) groups is 1. The monoisotopic (exact) mass is 374 g/mol. The molecule has 1 heterocycles. The van der Waals surface area contributed by atoms with E-state index in [9.17, 15) is 4.79 Å². The Morgan fingerprint density at radius 1 is 0.929 bits per heavy atom. The standard InChI is InChI=1S/C24H26N2O2/c1-18(2)26(17-20-8-7-15-25-16-20)24(27)19(3)28-23-13-11-22(12-14-23)21-9-5-4-6-10-21/h4-16,18-19H,17H2,1-3H3. The Labute approximate surface area is 166 Å². The smallest absolute Gasteiger partial charge is 0.263 e. The first-order chi connectivity index (χ1) is 13.5. The molecule has 0 saturated heterocycles. The Kier molecular flexibility index (Phi) is 6.43. The first-order valence-corrected chi connectivity index (χ1v) is 9.56. The molecular weight excluding hydrogens is 348 g/mol. The predicted molar refractivity (Wildman–Crippen MR) is 112 cm³/mol. The summed E-state index contributed by atoms with van der Waals surface area (Å²) in [5.74, 6) is 0.650. The lowest BCUT2D eigenvalue weighted by molar-refractivity contribution is -0.140. The predicted octanol–water partition coefficient (Wildman–Crippen LogP) is 4.95. The molecule has 0 fully saturated rings. The molecule has 4 nitrogen and oxygen atoms in total. The molecule has 3 rings (SSSR count). The van der Waals surface area contributed by atoms with Crippen LogP contribution in [-0.2, 0) is 11.3 Å². The van der Waals surface area contributed by atoms with E-state index in [2.05, 4.69) is 17.1 Å². The van der Waals surface area contributed by atoms with E-state index in [1.807, 2.05) is 73.3 Å². The number of ether oxygens (including phenoxy) is 1. The van der Waals surface area contributed by atoms with Gasteiger partial charge in [-0.1, -0.05) is 48.5 Å². The SMILES string of the molecule is CC(Oc1ccc(-c2ccccc2)cc1)C(=O)N(Cc1cccnc1)C(C)C. The van der Waals surface area contributed by atoms with Gasteiger partial charge in [-0.05, 0) is 55.7 Å². The number of amides is 1. The maximum atomic E-state index is 13.0. The van der Waals surface area contributed by atoms with E-state index in [1.54, 1.807) is 19.3 Å². The number of carbonyl (C=O) groups excluding carboxylic acids is 1. The summed E-state index contributed by atoms with van der Waals surface area (Å²) in [5.41, 5.74) is 3.27. The molecule has 1 unspecified atom stereocenters. The van der Waals surface area contributed by atoms with Crippen molar-refractivity contribution < 1.29 is 9.53 Å². The zero-order valence-corrected chi connectivity index (χ0v) is 16.6. The minimum Gasteiger partial charge on any atom is -0.481 e. The van der Waals surface area contributed by atoms with Crippen LogP contribution in [0.15, 0.2) is 79.1 Å². The lowest BCUT2D eigenvalue weighted by Gasteiger charge is -2.29. The van der Waals surface area contributed by atoms with Crippen molar-refractivity contribution >= 4 is 5.91 Å². The lowest BCUT2D eigenvalue weighted by atomic mass is 10.1. The number of pyridine rings is 1. The quantitative estimate of drug-likeness (QED) is 0.587. The molecule has 0 radical (unpaired) electrons. The summed E-state index contributed by atoms with van der Waals surface area (Å²) in [6.45, 7) is 6.34. The molecule has 28 heavy (non-hydrogen) atoms. The first kappa shape index (κ1) is 19.6. The number of aromatic nitrogens is 1. The summed E-state index contributed by atoms with van der Waals surface area (Å²) in [6, 6.07) is 21.9. The van der Waals surface area contributed by atoms with Gasteiger partial charge in [-0.25, -0.2) is 0 Å². The fourth-order valence-electron chi connectivity index (χ4n) is 3.05. The van der Waals surface area contributed by atoms with Gasteiger partial charge in [-0.3, -0.25) is 9.78 Å². The Morgan fingerprint density at radius 3 is 2.21 bits per heavy atom. The Morgan fingerprint density at radius 2 is 1.61 bits per heavy atom. The Balaban J connectivity index is 1.66. The second-order valence-corrected chi connectivity index (χ2v) is 7.07. The maximum Gasteiger partial charge on any atom is 0.263 e. The minimum absolute atomic E-state index is 0.0361. The average molecular weight is 374 g/mol. The number of hydrogen-bond acceptors (Lipinski definition) is 3. The first-order valence-electron chi connectivity index (χ1n) is 9.56. The number of benzene rings is 2. The van der Waals surface area contributed by atoms with E-state index in [-0.39, 0.29) is 11.9 Å². The van der Waals surface area contributed by atoms with Gasteiger partial charge in [-0.15, -0.1) is 0 Å². The van der Waals surface area contributed by atoms with Gasteiger partial charge in [0.15, 0.2) is 6.10 Å². The number of nitrogens with zero attached hydrogens (tertiary/aromatic N) is 2. The van der Waals surface area contributed by atoms with Crippen LogP contribution in [0, 0.1) is 0 Å². The van der Waals surface area contributed by atoms with Gasteiger partial charge in [0.1, 0.15) is 5.75 Å². The van der Waals surface area contributed by atoms with Gasteiger partial charge in [0.2, 0.25) is 0 Å². The van der Waals surface area contributed by atoms with Gasteiger partial charge >= 0.3 is 0 Å². The molecule has 1 amide bonds. The molecule has 0 saturated carbocycles. The minimum atomic E-state index is -0.568. The highest BCUT2D eigenvalue weighted by Crippen LogP contribution is 2.23. The molecule has 0 N–H and O–H groups in total. The molecule has 4 heteroatoms. The summed E-state index contributed by atoms with van der Waals surface area (Å²) >= 11 is 0. The third-order valence-corrected chi connectivity index (χ3v) is 4.60. The van der Waals surface area contributed by atoms with Crippen molar-refractivity contribution in [1.29, 1.82) is 0 Å². The van der Waals surface area contributed by atoms with Crippen LogP contribution in [0.2, 0.25) is 0 Å². The van der Waals surface area contributed by atoms with E-state index in [0.29, 0.717) is 12.3 Å². The molecule has 1 atom stereocenters. The van der Waals surface area contributed by atoms with Crippen LogP contribution in [0.3, 0.4) is 0 Å². The molecule has 144 valence electrons. The fraction of sp³-hybridized carbons (Fsp3) is 0.250. The average Bonchev–Trinajstić information content (AvgIpc) is 2.73. The summed E-state index contributed by atoms with van der Waals surface area (Å²) in [5, 5.41) is 0. The highest BCUT2D eigenvalue weighted by molar-refractivity contribution is 5.81. The van der Waals surface area contributed by atoms with E-state index in [4.69, 9.17) is 4.74 Å². The highest BCUT2D eigenvalue weighted by atomic mass is 16.5. The second-order valence-electron chi connectivity index (χ2n) is 7.07. The Hall–Kier alpha value is -3.14. The van der Waals surface area contributed by atoms with Gasteiger partial charge in [0, 0.05) is 25.0 Å². The second kappa shape index (κ2) is 9.18. The lowest BCUT2D eigenvalue weighted by Crippen LogP contribution is -2.43. The Bertz CT molecular complexity index is 877. The van der Waals surface area contributed by atoms with E-state index >= 15 is 0 Å². The van der Waals surface area contributed by atoms with Crippen LogP contribution in [0.25, 0.3) is 11.1 Å². The van der Waals surface area contributed by atoms with Crippen LogP contribution >= 0.6 is 0 Å². The topological polar surface area (TPSA) is 42.4 Å². The van der Waals surface area contributed by atoms with Crippen molar-refractivity contribution in [3.05, 3.63) is 84.7 Å². The van der Waals surface area contributed by atoms with Gasteiger partial charge in [0.25, 0.3) is 5.91 Å². The van der Waals surface area contributed by atoms with Crippen molar-refractivity contribution in [2.75, 3.05) is 0 Å². The third kappa shape index (κ3) is 4.97. The molecule has 0 aliphatic heterocycles. The summed E-state index contributed by atoms with van der Waals surface area (Å²) in [6.07, 6.45) is 2.95. The van der Waals surface area contributed by atoms with E-state index < -0.39 is 6.10 Å². The van der Waals surface area contributed by atoms with Crippen molar-refractivity contribution in [3.8, 4) is 16.9 Å². The molecule has 0 aliphatic rings. The van der Waals surface area contributed by atoms with Crippen molar-refractivity contribution in [2.24, 2.45) is 0 Å². The summed E-state index contributed by atoms with van der Waals surface area (Å²) in [4.78, 5) is 18.9. The van der Waals surface area contributed by atoms with Gasteiger partial charge in [0.05, 0.1) is 0 Å². The highest BCUT2D eigenvalue weighted by Gasteiger charge is 2.24. The van der Waals surface area contributed by atoms with Gasteiger partial charge < -0.3 is 9.64 Å². The normalized spacial score (nSPS) is 11.9. The number of rotatable bonds is 7.